The molecule has 8 aromatic carbocycles. The number of halogens is 1. The third-order valence-electron chi connectivity index (χ3n) is 24.4. The summed E-state index contributed by atoms with van der Waals surface area (Å²) in [4.78, 5) is 41.7. The number of aromatic nitrogens is 8. The molecule has 660 valence electrons. The van der Waals surface area contributed by atoms with Gasteiger partial charge in [0.1, 0.15) is 52.1 Å². The predicted octanol–water partition coefficient (Wildman–Crippen LogP) is 18.0. The molecular weight excluding hydrogens is 1590 g/mol. The van der Waals surface area contributed by atoms with Gasteiger partial charge in [-0.25, -0.2) is 52.7 Å². The van der Waals surface area contributed by atoms with Crippen molar-refractivity contribution in [3.63, 3.8) is 0 Å². The predicted molar refractivity (Wildman–Crippen MR) is 502 cm³/mol. The highest BCUT2D eigenvalue weighted by molar-refractivity contribution is 7.88. The number of piperazine rings is 2. The molecule has 16 rings (SSSR count). The van der Waals surface area contributed by atoms with Crippen molar-refractivity contribution in [3.8, 4) is 68.0 Å². The first kappa shape index (κ1) is 92.6. The van der Waals surface area contributed by atoms with E-state index in [9.17, 15) is 33.2 Å². The number of nitrogens with one attached hydrogen (secondary N) is 3. The van der Waals surface area contributed by atoms with Gasteiger partial charge in [-0.3, -0.25) is 9.80 Å². The van der Waals surface area contributed by atoms with Crippen LogP contribution in [0.1, 0.15) is 153 Å². The smallest absolute Gasteiger partial charge is 0.211 e. The Morgan fingerprint density at radius 3 is 1.33 bits per heavy atom. The summed E-state index contributed by atoms with van der Waals surface area (Å²) in [6.07, 6.45) is 27.5. The van der Waals surface area contributed by atoms with E-state index in [1.54, 1.807) is 77.4 Å². The standard InChI is InChI=1S/C27H33N3O3S.C27H33N3O.C26H31FN4O.C24H28N4O/c1-34(32,33)30(19-22-6-2-3-7-22)20-23-9-4-10-24(18-23)26-16-17-28-27(29-26)11-5-8-21-12-14-25(31)15-13-21;1-20-19-28-16-14-23(20)11-8-22-5-2-6-24(18-22)26-15-17-29-27(30-26)7-3-4-21-9-12-25(31)13-10-21;1-18-16-31(19(2)15-29-18)17-21-8-11-24(27)23(14-21)25-12-13-28-26(30-25)5-3-4-20-6-9-22(32)10-7-20;29-22-9-7-19(8-10-22)3-2-6-24-26-12-11-23(27-24)21-5-1-4-20(17-21)18-28-15-13-25-14-16-28/h4,9-10,12-18,22,31H,2-3,5-8,11,19-20H2,1H3;2,5-6,9-10,12-13,15,17-18,20,23,28,31H,3-4,7-8,11,14,16,19H2,1H3;6-14,18-19,29,32H,3-5,15-17H2,1-2H3;1,4-5,7-12,17,25,29H,2-3,6,13-16,18H2/t;20-,23-;18-,19-;/m.11./s1. The van der Waals surface area contributed by atoms with Crippen LogP contribution in [-0.4, -0.2) is 160 Å². The fraction of sp³-hybridized carbons (Fsp3) is 0.385. The SMILES string of the molecule is CS(=O)(=O)N(Cc1cccc(-c2ccnc(CCCc3ccc(O)cc3)n2)c1)CC1CCCC1.C[C@@H]1CN(Cc2ccc(F)c(-c3ccnc(CCCc4ccc(O)cc4)n3)c2)[C@H](C)CN1.C[C@@H]1CNCC[C@H]1CCc1cccc(-c2ccnc(CCCc3ccc(O)cc3)n2)c1.Oc1ccc(CCCc2nccc(-c3cccc(CN4CCNCC4)c3)n2)cc1. The van der Waals surface area contributed by atoms with Gasteiger partial charge < -0.3 is 36.4 Å². The Morgan fingerprint density at radius 1 is 0.437 bits per heavy atom. The third-order valence-corrected chi connectivity index (χ3v) is 25.6. The molecule has 22 heteroatoms. The van der Waals surface area contributed by atoms with Crippen LogP contribution in [0.2, 0.25) is 0 Å². The quantitative estimate of drug-likeness (QED) is 0.0207. The molecule has 4 aliphatic rings. The Hall–Kier alpha value is -11.1. The van der Waals surface area contributed by atoms with E-state index in [0.29, 0.717) is 60.3 Å². The molecule has 0 amide bonds. The highest BCUT2D eigenvalue weighted by atomic mass is 32.2. The van der Waals surface area contributed by atoms with Crippen LogP contribution in [0.25, 0.3) is 45.0 Å². The highest BCUT2D eigenvalue weighted by Gasteiger charge is 2.27. The van der Waals surface area contributed by atoms with Gasteiger partial charge in [0.05, 0.1) is 29.0 Å². The van der Waals surface area contributed by atoms with Crippen molar-refractivity contribution < 1.29 is 33.2 Å². The van der Waals surface area contributed by atoms with E-state index in [4.69, 9.17) is 15.0 Å². The van der Waals surface area contributed by atoms with Gasteiger partial charge in [0.25, 0.3) is 0 Å². The molecular formula is C104H125FN14O6S. The van der Waals surface area contributed by atoms with Crippen molar-refractivity contribution in [2.45, 2.75) is 174 Å². The second-order valence-electron chi connectivity index (χ2n) is 34.5. The van der Waals surface area contributed by atoms with Crippen molar-refractivity contribution in [1.29, 1.82) is 0 Å². The lowest BCUT2D eigenvalue weighted by Crippen LogP contribution is -2.53. The summed E-state index contributed by atoms with van der Waals surface area (Å²) >= 11 is 0. The van der Waals surface area contributed by atoms with Crippen molar-refractivity contribution >= 4 is 10.0 Å². The second kappa shape index (κ2) is 47.5. The Labute approximate surface area is 744 Å². The molecule has 12 aromatic rings. The first-order chi connectivity index (χ1) is 61.3. The lowest BCUT2D eigenvalue weighted by molar-refractivity contribution is 0.139. The molecule has 3 aliphatic heterocycles. The van der Waals surface area contributed by atoms with Crippen LogP contribution in [0.3, 0.4) is 0 Å². The summed E-state index contributed by atoms with van der Waals surface area (Å²) in [5, 5.41) is 48.0. The highest BCUT2D eigenvalue weighted by Crippen LogP contribution is 2.32. The van der Waals surface area contributed by atoms with Crippen molar-refractivity contribution in [2.75, 3.05) is 65.2 Å². The van der Waals surface area contributed by atoms with Gasteiger partial charge in [-0.05, 0) is 276 Å². The second-order valence-corrected chi connectivity index (χ2v) is 36.5. The molecule has 3 saturated heterocycles. The van der Waals surface area contributed by atoms with Crippen LogP contribution < -0.4 is 16.0 Å². The summed E-state index contributed by atoms with van der Waals surface area (Å²) in [5.74, 6) is 6.25. The average Bonchev–Trinajstić information content (AvgIpc) is 0.886. The minimum Gasteiger partial charge on any atom is -0.508 e. The van der Waals surface area contributed by atoms with Crippen LogP contribution in [0.5, 0.6) is 23.0 Å². The van der Waals surface area contributed by atoms with Gasteiger partial charge in [-0.2, -0.15) is 4.31 Å². The third kappa shape index (κ3) is 29.8. The van der Waals surface area contributed by atoms with Crippen LogP contribution >= 0.6 is 0 Å². The maximum absolute atomic E-state index is 14.7. The number of rotatable bonds is 32. The van der Waals surface area contributed by atoms with Gasteiger partial charge in [-0.15, -0.1) is 0 Å². The normalized spacial score (nSPS) is 16.8. The minimum absolute atomic E-state index is 0.260. The van der Waals surface area contributed by atoms with E-state index in [1.165, 1.54) is 65.3 Å². The number of sulfonamides is 1. The van der Waals surface area contributed by atoms with Crippen LogP contribution in [-0.2, 0) is 87.4 Å². The number of hydrogen-bond acceptors (Lipinski definition) is 19. The largest absolute Gasteiger partial charge is 0.508 e. The molecule has 7 heterocycles. The van der Waals surface area contributed by atoms with Crippen LogP contribution in [0, 0.1) is 23.6 Å². The Balaban J connectivity index is 0.000000144. The van der Waals surface area contributed by atoms with Gasteiger partial charge >= 0.3 is 0 Å². The maximum Gasteiger partial charge on any atom is 0.211 e. The zero-order chi connectivity index (χ0) is 87.8. The minimum atomic E-state index is -3.28. The Bertz CT molecular complexity index is 5470. The molecule has 0 bridgehead atoms. The van der Waals surface area contributed by atoms with Crippen molar-refractivity contribution in [3.05, 3.63) is 311 Å². The molecule has 126 heavy (non-hydrogen) atoms. The van der Waals surface area contributed by atoms with Crippen LogP contribution in [0.15, 0.2) is 237 Å². The monoisotopic (exact) mass is 1720 g/mol. The van der Waals surface area contributed by atoms with E-state index in [0.717, 1.165) is 235 Å². The number of benzene rings is 8. The summed E-state index contributed by atoms with van der Waals surface area (Å²) in [5.41, 5.74) is 16.9. The molecule has 4 fully saturated rings. The van der Waals surface area contributed by atoms with E-state index in [1.807, 2.05) is 116 Å². The van der Waals surface area contributed by atoms with E-state index >= 15 is 0 Å². The first-order valence-corrected chi connectivity index (χ1v) is 47.1. The summed E-state index contributed by atoms with van der Waals surface area (Å²) in [6, 6.07) is 68.9. The number of aromatic hydroxyl groups is 4. The first-order valence-electron chi connectivity index (χ1n) is 45.3. The molecule has 0 unspecified atom stereocenters. The topological polar surface area (TPSA) is 264 Å². The maximum atomic E-state index is 14.7. The van der Waals surface area contributed by atoms with Gasteiger partial charge in [0.2, 0.25) is 10.0 Å². The summed E-state index contributed by atoms with van der Waals surface area (Å²) in [6.45, 7) is 18.1. The Kier molecular flexibility index (Phi) is 34.9. The Morgan fingerprint density at radius 2 is 0.857 bits per heavy atom. The zero-order valence-electron chi connectivity index (χ0n) is 73.6. The lowest BCUT2D eigenvalue weighted by atomic mass is 9.83. The fourth-order valence-electron chi connectivity index (χ4n) is 17.1. The number of phenolic OH excluding ortho intramolecular Hbond substituents is 4. The van der Waals surface area contributed by atoms with E-state index in [-0.39, 0.29) is 17.3 Å². The molecule has 4 aromatic heterocycles. The number of phenols is 4. The van der Waals surface area contributed by atoms with Crippen molar-refractivity contribution in [1.82, 2.24) is 69.9 Å². The van der Waals surface area contributed by atoms with Gasteiger partial charge in [0.15, 0.2) is 0 Å². The van der Waals surface area contributed by atoms with Gasteiger partial charge in [0, 0.05) is 150 Å². The van der Waals surface area contributed by atoms with Gasteiger partial charge in [-0.1, -0.05) is 129 Å². The van der Waals surface area contributed by atoms with E-state index in [2.05, 4.69) is 120 Å². The molecule has 1 saturated carbocycles. The molecule has 7 N–H and O–H groups in total. The molecule has 0 spiro atoms. The molecule has 20 nitrogen and oxygen atoms in total. The molecule has 0 radical (unpaired) electrons. The number of aryl methyl sites for hydroxylation is 9. The summed E-state index contributed by atoms with van der Waals surface area (Å²) < 4.78 is 41.2. The van der Waals surface area contributed by atoms with E-state index < -0.39 is 10.0 Å². The van der Waals surface area contributed by atoms with Crippen LogP contribution in [0.4, 0.5) is 4.39 Å². The summed E-state index contributed by atoms with van der Waals surface area (Å²) in [7, 11) is -3.28. The molecule has 4 atom stereocenters. The number of nitrogens with zero attached hydrogens (tertiary/aromatic N) is 11. The number of piperidine rings is 1. The zero-order valence-corrected chi connectivity index (χ0v) is 74.5. The molecule has 1 aliphatic carbocycles. The fourth-order valence-corrected chi connectivity index (χ4v) is 18.0. The average molecular weight is 1720 g/mol. The lowest BCUT2D eigenvalue weighted by Gasteiger charge is -2.37. The van der Waals surface area contributed by atoms with Crippen molar-refractivity contribution in [2.24, 2.45) is 17.8 Å². The number of hydrogen-bond donors (Lipinski definition) is 7.